The van der Waals surface area contributed by atoms with Gasteiger partial charge in [0.25, 0.3) is 0 Å². The van der Waals surface area contributed by atoms with Gasteiger partial charge in [-0.15, -0.1) is 22.7 Å². The molecule has 0 radical (unpaired) electrons. The van der Waals surface area contributed by atoms with Crippen molar-refractivity contribution in [3.63, 3.8) is 0 Å². The zero-order valence-corrected chi connectivity index (χ0v) is 31.5. The largest absolute Gasteiger partial charge is 0.311 e. The first-order valence-corrected chi connectivity index (χ1v) is 19.8. The van der Waals surface area contributed by atoms with E-state index in [0.717, 1.165) is 23.5 Å². The third-order valence-electron chi connectivity index (χ3n) is 9.41. The van der Waals surface area contributed by atoms with Crippen LogP contribution in [0.5, 0.6) is 0 Å². The maximum atomic E-state index is 3.73. The number of anilines is 3. The molecule has 0 saturated heterocycles. The molecule has 0 aliphatic carbocycles. The van der Waals surface area contributed by atoms with Crippen molar-refractivity contribution in [1.29, 1.82) is 0 Å². The summed E-state index contributed by atoms with van der Waals surface area (Å²) in [5, 5.41) is 0. The fourth-order valence-electron chi connectivity index (χ4n) is 6.58. The monoisotopic (exact) mass is 729 g/mol. The Kier molecular flexibility index (Phi) is 10.7. The summed E-state index contributed by atoms with van der Waals surface area (Å²) in [6.07, 6.45) is 10.9. The second-order valence-corrected chi connectivity index (χ2v) is 15.2. The van der Waals surface area contributed by atoms with Crippen LogP contribution in [0.1, 0.15) is 4.88 Å². The van der Waals surface area contributed by atoms with E-state index >= 15 is 0 Å². The molecule has 0 spiro atoms. The zero-order chi connectivity index (χ0) is 36.5. The van der Waals surface area contributed by atoms with E-state index in [1.54, 1.807) is 6.08 Å². The normalized spacial score (nSPS) is 11.3. The zero-order valence-electron chi connectivity index (χ0n) is 29.9. The van der Waals surface area contributed by atoms with Crippen molar-refractivity contribution in [3.05, 3.63) is 224 Å². The van der Waals surface area contributed by atoms with Crippen LogP contribution >= 0.6 is 22.7 Å². The summed E-state index contributed by atoms with van der Waals surface area (Å²) in [5.41, 5.74) is 11.9. The Labute approximate surface area is 326 Å². The molecule has 2 aromatic heterocycles. The Morgan fingerprint density at radius 2 is 0.759 bits per heavy atom. The van der Waals surface area contributed by atoms with Crippen molar-refractivity contribution >= 4 is 39.7 Å². The lowest BCUT2D eigenvalue weighted by Gasteiger charge is -2.26. The molecule has 0 atom stereocenters. The van der Waals surface area contributed by atoms with Crippen molar-refractivity contribution < 1.29 is 0 Å². The topological polar surface area (TPSA) is 3.24 Å². The molecule has 0 unspecified atom stereocenters. The highest BCUT2D eigenvalue weighted by Crippen LogP contribution is 2.40. The maximum Gasteiger partial charge on any atom is 0.0462 e. The van der Waals surface area contributed by atoms with Crippen LogP contribution in [-0.2, 0) is 6.42 Å². The van der Waals surface area contributed by atoms with Gasteiger partial charge in [-0.25, -0.2) is 0 Å². The number of rotatable bonds is 12. The average molecular weight is 730 g/mol. The summed E-state index contributed by atoms with van der Waals surface area (Å²) in [7, 11) is 0. The van der Waals surface area contributed by atoms with Crippen molar-refractivity contribution in [3.8, 4) is 53.6 Å². The quantitative estimate of drug-likeness (QED) is 0.113. The number of hydrogen-bond donors (Lipinski definition) is 0. The fourth-order valence-corrected chi connectivity index (χ4v) is 8.59. The van der Waals surface area contributed by atoms with E-state index in [1.807, 2.05) is 34.8 Å². The van der Waals surface area contributed by atoms with Gasteiger partial charge in [-0.3, -0.25) is 0 Å². The van der Waals surface area contributed by atoms with Crippen LogP contribution in [-0.4, -0.2) is 0 Å². The summed E-state index contributed by atoms with van der Waals surface area (Å²) in [5.74, 6) is 0. The first-order chi connectivity index (χ1) is 26.7. The molecule has 6 aromatic carbocycles. The summed E-state index contributed by atoms with van der Waals surface area (Å²) < 4.78 is 0. The van der Waals surface area contributed by atoms with Gasteiger partial charge in [-0.2, -0.15) is 0 Å². The average Bonchev–Trinajstić information content (AvgIpc) is 3.94. The Morgan fingerprint density at radius 1 is 0.370 bits per heavy atom. The van der Waals surface area contributed by atoms with Gasteiger partial charge in [0.2, 0.25) is 0 Å². The predicted octanol–water partition coefficient (Wildman–Crippen LogP) is 15.5. The van der Waals surface area contributed by atoms with Gasteiger partial charge in [0.15, 0.2) is 0 Å². The van der Waals surface area contributed by atoms with E-state index in [9.17, 15) is 0 Å². The van der Waals surface area contributed by atoms with Crippen LogP contribution in [0.3, 0.4) is 0 Å². The van der Waals surface area contributed by atoms with Crippen LogP contribution in [0.25, 0.3) is 53.6 Å². The smallest absolute Gasteiger partial charge is 0.0462 e. The molecule has 260 valence electrons. The number of nitrogens with zero attached hydrogens (tertiary/aromatic N) is 1. The van der Waals surface area contributed by atoms with Gasteiger partial charge < -0.3 is 4.90 Å². The third kappa shape index (κ3) is 8.04. The van der Waals surface area contributed by atoms with Crippen molar-refractivity contribution in [1.82, 2.24) is 0 Å². The lowest BCUT2D eigenvalue weighted by Crippen LogP contribution is -2.09. The molecule has 1 nitrogen and oxygen atoms in total. The van der Waals surface area contributed by atoms with Crippen molar-refractivity contribution in [2.24, 2.45) is 0 Å². The minimum atomic E-state index is 0.917. The molecule has 0 amide bonds. The van der Waals surface area contributed by atoms with Crippen molar-refractivity contribution in [2.75, 3.05) is 4.90 Å². The molecule has 0 fully saturated rings. The molecule has 8 rings (SSSR count). The molecule has 3 heteroatoms. The third-order valence-corrected chi connectivity index (χ3v) is 11.8. The van der Waals surface area contributed by atoms with Gasteiger partial charge in [-0.05, 0) is 99.6 Å². The van der Waals surface area contributed by atoms with E-state index in [0.29, 0.717) is 0 Å². The molecule has 0 bridgehead atoms. The minimum absolute atomic E-state index is 0.917. The van der Waals surface area contributed by atoms with Gasteiger partial charge >= 0.3 is 0 Å². The van der Waals surface area contributed by atoms with Gasteiger partial charge in [0.05, 0.1) is 0 Å². The van der Waals surface area contributed by atoms with Gasteiger partial charge in [0.1, 0.15) is 0 Å². The second kappa shape index (κ2) is 16.6. The summed E-state index contributed by atoms with van der Waals surface area (Å²) in [6, 6.07) is 65.8. The van der Waals surface area contributed by atoms with Crippen LogP contribution < -0.4 is 4.90 Å². The van der Waals surface area contributed by atoms with Crippen LogP contribution in [0.15, 0.2) is 219 Å². The Morgan fingerprint density at radius 3 is 1.26 bits per heavy atom. The first-order valence-electron chi connectivity index (χ1n) is 18.2. The molecule has 54 heavy (non-hydrogen) atoms. The van der Waals surface area contributed by atoms with E-state index in [2.05, 4.69) is 206 Å². The van der Waals surface area contributed by atoms with Crippen LogP contribution in [0.2, 0.25) is 0 Å². The van der Waals surface area contributed by atoms with Crippen molar-refractivity contribution in [2.45, 2.75) is 6.42 Å². The maximum absolute atomic E-state index is 3.73. The Bertz CT molecular complexity index is 2480. The molecule has 0 N–H and O–H groups in total. The highest BCUT2D eigenvalue weighted by atomic mass is 32.1. The highest BCUT2D eigenvalue weighted by Gasteiger charge is 2.15. The van der Waals surface area contributed by atoms with Gasteiger partial charge in [-0.1, -0.05) is 158 Å². The minimum Gasteiger partial charge on any atom is -0.311 e. The van der Waals surface area contributed by atoms with Crippen LogP contribution in [0, 0.1) is 0 Å². The van der Waals surface area contributed by atoms with E-state index in [1.165, 1.54) is 58.5 Å². The highest BCUT2D eigenvalue weighted by molar-refractivity contribution is 7.18. The molecule has 2 heterocycles. The molecule has 0 aliphatic rings. The molecule has 0 aliphatic heterocycles. The molecular weight excluding hydrogens is 691 g/mol. The van der Waals surface area contributed by atoms with E-state index in [4.69, 9.17) is 0 Å². The number of thiophene rings is 2. The number of allylic oxidation sites excluding steroid dienone is 5. The SMILES string of the molecule is C=C/C=C\C=C/Cc1ccc(-c2ccc(N(c3ccc(-c4ccc(-c5ccccc5)cc4)cc3)c3ccc(-c4ccc(-c5ccccc5)s4)cc3)cc2)s1. The molecular formula is C51H39NS2. The summed E-state index contributed by atoms with van der Waals surface area (Å²) in [4.78, 5) is 7.51. The van der Waals surface area contributed by atoms with E-state index < -0.39 is 0 Å². The number of benzene rings is 6. The number of hydrogen-bond acceptors (Lipinski definition) is 3. The summed E-state index contributed by atoms with van der Waals surface area (Å²) >= 11 is 3.68. The lowest BCUT2D eigenvalue weighted by atomic mass is 10.00. The van der Waals surface area contributed by atoms with E-state index in [-0.39, 0.29) is 0 Å². The molecule has 8 aromatic rings. The Hall–Kier alpha value is -6.26. The molecule has 0 saturated carbocycles. The van der Waals surface area contributed by atoms with Gasteiger partial charge in [0, 0.05) is 43.0 Å². The second-order valence-electron chi connectivity index (χ2n) is 13.0. The fraction of sp³-hybridized carbons (Fsp3) is 0.0196. The standard InChI is InChI=1S/C51H39NS2/c1-2-3-4-5-12-17-48-34-35-49(53-48)43-24-30-46(31-25-43)52(47-32-26-44(27-33-47)51-37-36-50(54-51)42-15-10-7-11-16-42)45-28-22-41(23-29-45)40-20-18-39(19-21-40)38-13-8-6-9-14-38/h2-16,18-37H,1,17H2/b4-3-,12-5-. The lowest BCUT2D eigenvalue weighted by molar-refractivity contribution is 1.28. The summed E-state index contributed by atoms with van der Waals surface area (Å²) in [6.45, 7) is 3.73. The predicted molar refractivity (Wildman–Crippen MR) is 236 cm³/mol. The Balaban J connectivity index is 1.08. The first kappa shape index (κ1) is 34.8. The van der Waals surface area contributed by atoms with Crippen LogP contribution in [0.4, 0.5) is 17.1 Å².